The molecule has 0 bridgehead atoms. The van der Waals surface area contributed by atoms with Crippen LogP contribution >= 0.6 is 0 Å². The summed E-state index contributed by atoms with van der Waals surface area (Å²) in [7, 11) is 0. The first kappa shape index (κ1) is 21.5. The number of rotatable bonds is 6. The van der Waals surface area contributed by atoms with Crippen molar-refractivity contribution in [2.24, 2.45) is 11.8 Å². The van der Waals surface area contributed by atoms with Crippen LogP contribution in [-0.4, -0.2) is 48.5 Å². The van der Waals surface area contributed by atoms with Crippen LogP contribution in [0.3, 0.4) is 0 Å². The second-order valence-electron chi connectivity index (χ2n) is 8.95. The topological polar surface area (TPSA) is 116 Å². The molecule has 6 rings (SSSR count). The number of benzene rings is 1. The van der Waals surface area contributed by atoms with Crippen LogP contribution in [-0.2, 0) is 10.2 Å². The van der Waals surface area contributed by atoms with Gasteiger partial charge in [0, 0.05) is 42.8 Å². The number of halogens is 2. The molecule has 0 unspecified atom stereocenters. The minimum Gasteiger partial charge on any atom is -0.442 e. The summed E-state index contributed by atoms with van der Waals surface area (Å²) in [6.07, 6.45) is 1.57. The monoisotopic (exact) mass is 478 g/mol. The van der Waals surface area contributed by atoms with Crippen LogP contribution in [0.4, 0.5) is 25.1 Å². The molecule has 3 aliphatic rings. The number of hydrogen-bond acceptors (Lipinski definition) is 8. The van der Waals surface area contributed by atoms with Gasteiger partial charge in [-0.05, 0) is 18.2 Å². The number of anilines is 2. The van der Waals surface area contributed by atoms with Crippen molar-refractivity contribution in [2.75, 3.05) is 36.4 Å². The Kier molecular flexibility index (Phi) is 4.93. The second-order valence-corrected chi connectivity index (χ2v) is 8.95. The summed E-state index contributed by atoms with van der Waals surface area (Å²) in [6, 6.07) is 9.49. The van der Waals surface area contributed by atoms with E-state index in [4.69, 9.17) is 9.26 Å². The van der Waals surface area contributed by atoms with Crippen molar-refractivity contribution < 1.29 is 22.8 Å². The lowest BCUT2D eigenvalue weighted by Gasteiger charge is -2.16. The average molecular weight is 478 g/mol. The number of aromatic nitrogens is 2. The second kappa shape index (κ2) is 8.02. The molecule has 3 aromatic rings. The molecule has 0 spiro atoms. The number of carbonyl (C=O) groups is 1. The highest BCUT2D eigenvalue weighted by Gasteiger charge is 2.69. The summed E-state index contributed by atoms with van der Waals surface area (Å²) >= 11 is 0. The Balaban J connectivity index is 1.20. The Morgan fingerprint density at radius 2 is 2.00 bits per heavy atom. The first-order valence-electron chi connectivity index (χ1n) is 11.2. The number of nitrogens with one attached hydrogen (secondary N) is 2. The maximum absolute atomic E-state index is 15.1. The fourth-order valence-electron chi connectivity index (χ4n) is 5.28. The van der Waals surface area contributed by atoms with Crippen molar-refractivity contribution in [3.8, 4) is 17.2 Å². The first-order chi connectivity index (χ1) is 17.0. The number of ether oxygens (including phenoxy) is 1. The number of nitrogens with zero attached hydrogens (tertiary/aromatic N) is 4. The van der Waals surface area contributed by atoms with Crippen molar-refractivity contribution >= 4 is 17.6 Å². The molecule has 11 heteroatoms. The van der Waals surface area contributed by atoms with Gasteiger partial charge in [-0.25, -0.2) is 13.6 Å². The van der Waals surface area contributed by atoms with Crippen LogP contribution in [0.2, 0.25) is 0 Å². The van der Waals surface area contributed by atoms with E-state index in [1.807, 2.05) is 0 Å². The molecule has 2 aromatic heterocycles. The molecule has 35 heavy (non-hydrogen) atoms. The lowest BCUT2D eigenvalue weighted by Crippen LogP contribution is -2.27. The largest absolute Gasteiger partial charge is 0.442 e. The van der Waals surface area contributed by atoms with Gasteiger partial charge in [-0.1, -0.05) is 11.2 Å². The van der Waals surface area contributed by atoms with Crippen LogP contribution in [0.5, 0.6) is 0 Å². The van der Waals surface area contributed by atoms with Gasteiger partial charge >= 0.3 is 6.09 Å². The minimum absolute atomic E-state index is 0.0593. The summed E-state index contributed by atoms with van der Waals surface area (Å²) in [5.41, 5.74) is 0.0750. The molecule has 1 saturated carbocycles. The highest BCUT2D eigenvalue weighted by Crippen LogP contribution is 2.60. The van der Waals surface area contributed by atoms with E-state index in [1.165, 1.54) is 17.4 Å². The van der Waals surface area contributed by atoms with Crippen molar-refractivity contribution in [1.82, 2.24) is 15.5 Å². The van der Waals surface area contributed by atoms with E-state index in [1.54, 1.807) is 18.2 Å². The van der Waals surface area contributed by atoms with Gasteiger partial charge in [0.05, 0.1) is 36.1 Å². The van der Waals surface area contributed by atoms with Gasteiger partial charge in [0.1, 0.15) is 29.4 Å². The standard InChI is InChI=1S/C24H20F2N6O3/c25-18-5-14(32-11-15(35-23(32)33)8-30-21-3-4-34-31-21)6-19(26)22(18)13-1-2-20(29-7-13)24(12-27)16-9-28-10-17(16)24/h1-7,15-17,28H,8-11H2,(H,30,31)/t15-,16-,17+,24+/m0/s1. The average Bonchev–Trinajstić information content (AvgIpc) is 3.38. The number of amides is 1. The Morgan fingerprint density at radius 3 is 2.63 bits per heavy atom. The summed E-state index contributed by atoms with van der Waals surface area (Å²) in [5, 5.41) is 19.7. The van der Waals surface area contributed by atoms with Gasteiger partial charge in [0.25, 0.3) is 0 Å². The Hall–Kier alpha value is -4.04. The molecule has 0 radical (unpaired) electrons. The first-order valence-corrected chi connectivity index (χ1v) is 11.2. The van der Waals surface area contributed by atoms with E-state index in [9.17, 15) is 10.1 Å². The van der Waals surface area contributed by atoms with E-state index in [-0.39, 0.29) is 41.7 Å². The van der Waals surface area contributed by atoms with Gasteiger partial charge in [-0.2, -0.15) is 5.26 Å². The molecule has 1 aliphatic carbocycles. The van der Waals surface area contributed by atoms with Crippen LogP contribution in [0.1, 0.15) is 5.69 Å². The molecule has 2 aliphatic heterocycles. The highest BCUT2D eigenvalue weighted by molar-refractivity contribution is 5.90. The van der Waals surface area contributed by atoms with E-state index in [0.29, 0.717) is 11.5 Å². The Labute approximate surface area is 198 Å². The van der Waals surface area contributed by atoms with Gasteiger partial charge in [0.2, 0.25) is 0 Å². The molecular weight excluding hydrogens is 458 g/mol. The molecule has 178 valence electrons. The summed E-state index contributed by atoms with van der Waals surface area (Å²) in [4.78, 5) is 17.9. The molecular formula is C24H20F2N6O3. The van der Waals surface area contributed by atoms with Crippen molar-refractivity contribution in [3.63, 3.8) is 0 Å². The number of hydrogen-bond donors (Lipinski definition) is 2. The molecule has 9 nitrogen and oxygen atoms in total. The predicted octanol–water partition coefficient (Wildman–Crippen LogP) is 3.06. The van der Waals surface area contributed by atoms with Crippen molar-refractivity contribution in [1.29, 1.82) is 5.26 Å². The molecule has 1 amide bonds. The molecule has 2 saturated heterocycles. The number of carbonyl (C=O) groups excluding carboxylic acids is 1. The highest BCUT2D eigenvalue weighted by atomic mass is 19.1. The Morgan fingerprint density at radius 1 is 1.23 bits per heavy atom. The van der Waals surface area contributed by atoms with Crippen LogP contribution in [0.15, 0.2) is 47.3 Å². The SMILES string of the molecule is N#C[C@]1(c2ccc(-c3c(F)cc(N4C[C@H](CNc5ccon5)OC4=O)cc3F)cn2)[C@@H]2CNC[C@@H]21. The number of pyridine rings is 1. The molecule has 4 heterocycles. The Bertz CT molecular complexity index is 1290. The van der Waals surface area contributed by atoms with E-state index in [2.05, 4.69) is 26.8 Å². The van der Waals surface area contributed by atoms with Crippen LogP contribution in [0.25, 0.3) is 11.1 Å². The quantitative estimate of drug-likeness (QED) is 0.555. The van der Waals surface area contributed by atoms with Crippen LogP contribution < -0.4 is 15.5 Å². The van der Waals surface area contributed by atoms with Gasteiger partial charge in [-0.15, -0.1) is 0 Å². The van der Waals surface area contributed by atoms with E-state index >= 15 is 8.78 Å². The molecule has 1 aromatic carbocycles. The molecule has 3 fully saturated rings. The van der Waals surface area contributed by atoms with Crippen molar-refractivity contribution in [3.05, 3.63) is 60.1 Å². The third kappa shape index (κ3) is 3.40. The summed E-state index contributed by atoms with van der Waals surface area (Å²) < 4.78 is 40.2. The fourth-order valence-corrected chi connectivity index (χ4v) is 5.28. The molecule has 4 atom stereocenters. The smallest absolute Gasteiger partial charge is 0.414 e. The number of fused-ring (bicyclic) bond motifs is 1. The normalized spacial score (nSPS) is 26.8. The third-order valence-electron chi connectivity index (χ3n) is 7.10. The zero-order valence-electron chi connectivity index (χ0n) is 18.4. The maximum atomic E-state index is 15.1. The van der Waals surface area contributed by atoms with Gasteiger partial charge in [-0.3, -0.25) is 9.88 Å². The zero-order valence-corrected chi connectivity index (χ0v) is 18.4. The number of nitriles is 1. The summed E-state index contributed by atoms with van der Waals surface area (Å²) in [6.45, 7) is 1.91. The van der Waals surface area contributed by atoms with E-state index in [0.717, 1.165) is 25.2 Å². The summed E-state index contributed by atoms with van der Waals surface area (Å²) in [5.74, 6) is -0.728. The number of cyclic esters (lactones) is 1. The third-order valence-corrected chi connectivity index (χ3v) is 7.10. The molecule has 2 N–H and O–H groups in total. The van der Waals surface area contributed by atoms with Crippen molar-refractivity contribution in [2.45, 2.75) is 11.5 Å². The maximum Gasteiger partial charge on any atom is 0.414 e. The predicted molar refractivity (Wildman–Crippen MR) is 119 cm³/mol. The lowest BCUT2D eigenvalue weighted by atomic mass is 9.95. The lowest BCUT2D eigenvalue weighted by molar-refractivity contribution is 0.147. The fraction of sp³-hybridized carbons (Fsp3) is 0.333. The zero-order chi connectivity index (χ0) is 24.2. The number of piperidine rings is 1. The van der Waals surface area contributed by atoms with Gasteiger partial charge in [0.15, 0.2) is 5.82 Å². The minimum atomic E-state index is -0.825. The van der Waals surface area contributed by atoms with Crippen LogP contribution in [0, 0.1) is 34.8 Å². The van der Waals surface area contributed by atoms with Gasteiger partial charge < -0.3 is 19.9 Å². The van der Waals surface area contributed by atoms with E-state index < -0.39 is 29.2 Å².